The van der Waals surface area contributed by atoms with Gasteiger partial charge in [0.1, 0.15) is 0 Å². The Labute approximate surface area is 107 Å². The van der Waals surface area contributed by atoms with E-state index >= 15 is 0 Å². The Balaban J connectivity index is 3.24. The summed E-state index contributed by atoms with van der Waals surface area (Å²) in [6.45, 7) is 0. The molecule has 0 saturated heterocycles. The van der Waals surface area contributed by atoms with Gasteiger partial charge >= 0.3 is 5.97 Å². The molecule has 1 N–H and O–H groups in total. The number of aliphatic carboxylic acids is 1. The highest BCUT2D eigenvalue weighted by Crippen LogP contribution is 2.28. The van der Waals surface area contributed by atoms with Gasteiger partial charge in [0.05, 0.1) is 17.8 Å². The van der Waals surface area contributed by atoms with Crippen LogP contribution in [0.1, 0.15) is 23.4 Å². The highest BCUT2D eigenvalue weighted by Gasteiger charge is 2.19. The van der Waals surface area contributed by atoms with Gasteiger partial charge in [-0.05, 0) is 22.0 Å². The molecule has 1 aromatic heterocycles. The third-order valence-electron chi connectivity index (χ3n) is 1.84. The van der Waals surface area contributed by atoms with E-state index in [-0.39, 0.29) is 11.3 Å². The van der Waals surface area contributed by atoms with E-state index < -0.39 is 18.8 Å². The van der Waals surface area contributed by atoms with Gasteiger partial charge in [-0.15, -0.1) is 0 Å². The molecule has 0 radical (unpaired) electrons. The molecule has 0 spiro atoms. The lowest BCUT2D eigenvalue weighted by Crippen LogP contribution is -2.08. The lowest BCUT2D eigenvalue weighted by Gasteiger charge is -2.09. The standard InChI is InChI=1S/C9H7Br2F2NO2/c10-3-7-5(11)1-4(9(12)13)6(14-7)2-8(15)16/h1,9H,2-3H2,(H,15,16). The second kappa shape index (κ2) is 5.67. The Morgan fingerprint density at radius 1 is 1.50 bits per heavy atom. The number of hydrogen-bond acceptors (Lipinski definition) is 2. The first-order valence-corrected chi connectivity index (χ1v) is 6.11. The minimum atomic E-state index is -2.73. The lowest BCUT2D eigenvalue weighted by molar-refractivity contribution is -0.136. The van der Waals surface area contributed by atoms with Crippen LogP contribution in [0.5, 0.6) is 0 Å². The normalized spacial score (nSPS) is 10.8. The molecule has 1 heterocycles. The first-order chi connectivity index (χ1) is 7.45. The van der Waals surface area contributed by atoms with Gasteiger partial charge in [-0.25, -0.2) is 8.78 Å². The molecular weight excluding hydrogens is 352 g/mol. The van der Waals surface area contributed by atoms with Crippen LogP contribution in [-0.2, 0) is 16.5 Å². The maximum absolute atomic E-state index is 12.6. The zero-order valence-electron chi connectivity index (χ0n) is 7.88. The average molecular weight is 359 g/mol. The van der Waals surface area contributed by atoms with Crippen molar-refractivity contribution in [2.45, 2.75) is 18.2 Å². The minimum absolute atomic E-state index is 0.0971. The maximum atomic E-state index is 12.6. The third kappa shape index (κ3) is 3.21. The summed E-state index contributed by atoms with van der Waals surface area (Å²) in [7, 11) is 0. The number of nitrogens with zero attached hydrogens (tertiary/aromatic N) is 1. The van der Waals surface area contributed by atoms with Crippen molar-refractivity contribution >= 4 is 37.8 Å². The van der Waals surface area contributed by atoms with Gasteiger partial charge in [0, 0.05) is 15.4 Å². The van der Waals surface area contributed by atoms with E-state index in [0.717, 1.165) is 0 Å². The molecule has 0 aliphatic rings. The van der Waals surface area contributed by atoms with Crippen molar-refractivity contribution in [3.63, 3.8) is 0 Å². The molecular formula is C9H7Br2F2NO2. The summed E-state index contributed by atoms with van der Waals surface area (Å²) in [5, 5.41) is 8.96. The van der Waals surface area contributed by atoms with E-state index in [9.17, 15) is 13.6 Å². The number of halogens is 4. The van der Waals surface area contributed by atoms with Crippen molar-refractivity contribution in [1.29, 1.82) is 0 Å². The summed E-state index contributed by atoms with van der Waals surface area (Å²) in [5.74, 6) is -1.18. The summed E-state index contributed by atoms with van der Waals surface area (Å²) in [5.41, 5.74) is 0.0553. The van der Waals surface area contributed by atoms with Crippen molar-refractivity contribution < 1.29 is 18.7 Å². The van der Waals surface area contributed by atoms with E-state index in [2.05, 4.69) is 36.8 Å². The number of aromatic nitrogens is 1. The second-order valence-electron chi connectivity index (χ2n) is 2.96. The SMILES string of the molecule is O=C(O)Cc1nc(CBr)c(Br)cc1C(F)F. The number of pyridine rings is 1. The van der Waals surface area contributed by atoms with Crippen molar-refractivity contribution in [2.24, 2.45) is 0 Å². The molecule has 1 rings (SSSR count). The molecule has 16 heavy (non-hydrogen) atoms. The molecule has 0 bridgehead atoms. The van der Waals surface area contributed by atoms with Crippen LogP contribution in [0.15, 0.2) is 10.5 Å². The second-order valence-corrected chi connectivity index (χ2v) is 4.37. The van der Waals surface area contributed by atoms with Crippen molar-refractivity contribution in [3.8, 4) is 0 Å². The fourth-order valence-corrected chi connectivity index (χ4v) is 2.43. The van der Waals surface area contributed by atoms with E-state index in [1.807, 2.05) is 0 Å². The fraction of sp³-hybridized carbons (Fsp3) is 0.333. The molecule has 0 fully saturated rings. The van der Waals surface area contributed by atoms with Crippen LogP contribution >= 0.6 is 31.9 Å². The zero-order chi connectivity index (χ0) is 12.3. The number of carboxylic acids is 1. The van der Waals surface area contributed by atoms with Crippen LogP contribution in [0.3, 0.4) is 0 Å². The Morgan fingerprint density at radius 2 is 2.12 bits per heavy atom. The number of hydrogen-bond donors (Lipinski definition) is 1. The van der Waals surface area contributed by atoms with E-state index in [4.69, 9.17) is 5.11 Å². The van der Waals surface area contributed by atoms with Crippen LogP contribution in [0.4, 0.5) is 8.78 Å². The van der Waals surface area contributed by atoms with E-state index in [0.29, 0.717) is 15.5 Å². The molecule has 0 atom stereocenters. The predicted molar refractivity (Wildman–Crippen MR) is 60.9 cm³/mol. The summed E-state index contributed by atoms with van der Waals surface area (Å²) >= 11 is 6.25. The first kappa shape index (κ1) is 13.5. The van der Waals surface area contributed by atoms with Crippen LogP contribution in [0, 0.1) is 0 Å². The van der Waals surface area contributed by atoms with Crippen molar-refractivity contribution in [2.75, 3.05) is 0 Å². The largest absolute Gasteiger partial charge is 0.481 e. The van der Waals surface area contributed by atoms with Crippen LogP contribution < -0.4 is 0 Å². The molecule has 88 valence electrons. The first-order valence-electron chi connectivity index (χ1n) is 4.19. The highest BCUT2D eigenvalue weighted by molar-refractivity contribution is 9.10. The van der Waals surface area contributed by atoms with Crippen LogP contribution in [0.25, 0.3) is 0 Å². The van der Waals surface area contributed by atoms with Crippen molar-refractivity contribution in [1.82, 2.24) is 4.98 Å². The predicted octanol–water partition coefficient (Wildman–Crippen LogP) is 3.30. The zero-order valence-corrected chi connectivity index (χ0v) is 11.1. The van der Waals surface area contributed by atoms with Gasteiger partial charge in [0.15, 0.2) is 0 Å². The van der Waals surface area contributed by atoms with Gasteiger partial charge in [-0.3, -0.25) is 9.78 Å². The van der Waals surface area contributed by atoms with Gasteiger partial charge in [-0.1, -0.05) is 15.9 Å². The van der Waals surface area contributed by atoms with Crippen LogP contribution in [-0.4, -0.2) is 16.1 Å². The number of rotatable bonds is 4. The molecule has 0 amide bonds. The topological polar surface area (TPSA) is 50.2 Å². The van der Waals surface area contributed by atoms with Gasteiger partial charge in [0.2, 0.25) is 0 Å². The van der Waals surface area contributed by atoms with E-state index in [1.54, 1.807) is 0 Å². The van der Waals surface area contributed by atoms with Gasteiger partial charge in [-0.2, -0.15) is 0 Å². The van der Waals surface area contributed by atoms with E-state index in [1.165, 1.54) is 6.07 Å². The number of alkyl halides is 3. The monoisotopic (exact) mass is 357 g/mol. The van der Waals surface area contributed by atoms with Crippen LogP contribution in [0.2, 0.25) is 0 Å². The Bertz CT molecular complexity index is 413. The molecule has 0 aromatic carbocycles. The Kier molecular flexibility index (Phi) is 4.79. The summed E-state index contributed by atoms with van der Waals surface area (Å²) in [6, 6.07) is 1.21. The molecule has 0 saturated carbocycles. The van der Waals surface area contributed by atoms with Gasteiger partial charge < -0.3 is 5.11 Å². The number of carbonyl (C=O) groups is 1. The minimum Gasteiger partial charge on any atom is -0.481 e. The number of carboxylic acid groups (broad SMARTS) is 1. The molecule has 0 aliphatic heterocycles. The summed E-state index contributed by atoms with van der Waals surface area (Å²) in [6.07, 6.45) is -3.24. The molecule has 3 nitrogen and oxygen atoms in total. The molecule has 0 unspecified atom stereocenters. The Morgan fingerprint density at radius 3 is 2.56 bits per heavy atom. The van der Waals surface area contributed by atoms with Crippen molar-refractivity contribution in [3.05, 3.63) is 27.5 Å². The average Bonchev–Trinajstić information content (AvgIpc) is 2.19. The quantitative estimate of drug-likeness (QED) is 0.840. The highest BCUT2D eigenvalue weighted by atomic mass is 79.9. The maximum Gasteiger partial charge on any atom is 0.309 e. The summed E-state index contributed by atoms with van der Waals surface area (Å²) in [4.78, 5) is 14.4. The lowest BCUT2D eigenvalue weighted by atomic mass is 10.1. The molecule has 0 aliphatic carbocycles. The molecule has 1 aromatic rings. The Hall–Kier alpha value is -0.560. The summed E-state index contributed by atoms with van der Waals surface area (Å²) < 4.78 is 25.7. The smallest absolute Gasteiger partial charge is 0.309 e. The fourth-order valence-electron chi connectivity index (χ4n) is 1.15. The third-order valence-corrected chi connectivity index (χ3v) is 3.06. The van der Waals surface area contributed by atoms with Gasteiger partial charge in [0.25, 0.3) is 6.43 Å². The molecule has 7 heteroatoms.